The number of aryl methyl sites for hydroxylation is 1. The molecule has 0 saturated heterocycles. The molecule has 0 aliphatic heterocycles. The average Bonchev–Trinajstić information content (AvgIpc) is 2.35. The molecule has 0 radical (unpaired) electrons. The van der Waals surface area contributed by atoms with E-state index in [1.807, 2.05) is 13.0 Å². The number of halogens is 1. The molecule has 0 aromatic heterocycles. The van der Waals surface area contributed by atoms with Crippen LogP contribution in [0.25, 0.3) is 0 Å². The number of nitrogens with zero attached hydrogens (tertiary/aromatic N) is 1. The normalized spacial score (nSPS) is 12.2. The summed E-state index contributed by atoms with van der Waals surface area (Å²) >= 11 is 7.55. The summed E-state index contributed by atoms with van der Waals surface area (Å²) in [6, 6.07) is 3.29. The van der Waals surface area contributed by atoms with Gasteiger partial charge in [-0.25, -0.2) is 0 Å². The van der Waals surface area contributed by atoms with Crippen molar-refractivity contribution in [1.29, 1.82) is 0 Å². The maximum atomic E-state index is 11.1. The summed E-state index contributed by atoms with van der Waals surface area (Å²) in [7, 11) is 0. The molecule has 1 rings (SSSR count). The van der Waals surface area contributed by atoms with Crippen LogP contribution in [0, 0.1) is 23.0 Å². The number of hydrogen-bond acceptors (Lipinski definition) is 4. The maximum Gasteiger partial charge on any atom is 0.312 e. The third-order valence-corrected chi connectivity index (χ3v) is 3.81. The van der Waals surface area contributed by atoms with Gasteiger partial charge >= 0.3 is 5.69 Å². The molecule has 1 aromatic carbocycles. The molecule has 0 amide bonds. The molecule has 0 N–H and O–H groups in total. The SMILES string of the molecule is CCCC(CS)COc1c(C)cc(Br)cc1[N+](=O)[O-]. The number of ether oxygens (including phenoxy) is 1. The zero-order chi connectivity index (χ0) is 14.4. The minimum Gasteiger partial charge on any atom is -0.486 e. The van der Waals surface area contributed by atoms with Gasteiger partial charge in [0.1, 0.15) is 0 Å². The van der Waals surface area contributed by atoms with E-state index in [1.54, 1.807) is 0 Å². The molecule has 1 atom stereocenters. The van der Waals surface area contributed by atoms with Crippen LogP contribution in [-0.2, 0) is 0 Å². The molecule has 1 aromatic rings. The van der Waals surface area contributed by atoms with Crippen molar-refractivity contribution in [3.63, 3.8) is 0 Å². The van der Waals surface area contributed by atoms with Crippen LogP contribution in [0.2, 0.25) is 0 Å². The third-order valence-electron chi connectivity index (χ3n) is 2.83. The quantitative estimate of drug-likeness (QED) is 0.452. The Balaban J connectivity index is 2.90. The van der Waals surface area contributed by atoms with Gasteiger partial charge in [-0.05, 0) is 30.7 Å². The summed E-state index contributed by atoms with van der Waals surface area (Å²) in [6.45, 7) is 4.37. The molecule has 0 saturated carbocycles. The Morgan fingerprint density at radius 2 is 2.21 bits per heavy atom. The predicted octanol–water partition coefficient (Wildman–Crippen LogP) is 4.39. The predicted molar refractivity (Wildman–Crippen MR) is 83.3 cm³/mol. The Labute approximate surface area is 127 Å². The van der Waals surface area contributed by atoms with E-state index in [-0.39, 0.29) is 5.69 Å². The first kappa shape index (κ1) is 16.3. The van der Waals surface area contributed by atoms with Crippen LogP contribution in [0.3, 0.4) is 0 Å². The van der Waals surface area contributed by atoms with Crippen molar-refractivity contribution >= 4 is 34.2 Å². The highest BCUT2D eigenvalue weighted by Gasteiger charge is 2.20. The monoisotopic (exact) mass is 347 g/mol. The highest BCUT2D eigenvalue weighted by atomic mass is 79.9. The fourth-order valence-electron chi connectivity index (χ4n) is 1.87. The Kier molecular flexibility index (Phi) is 6.65. The summed E-state index contributed by atoms with van der Waals surface area (Å²) in [5, 5.41) is 11.1. The van der Waals surface area contributed by atoms with E-state index in [0.717, 1.165) is 24.2 Å². The lowest BCUT2D eigenvalue weighted by molar-refractivity contribution is -0.386. The fourth-order valence-corrected chi connectivity index (χ4v) is 2.72. The lowest BCUT2D eigenvalue weighted by Crippen LogP contribution is -2.14. The molecule has 4 nitrogen and oxygen atoms in total. The zero-order valence-corrected chi connectivity index (χ0v) is 13.5. The van der Waals surface area contributed by atoms with Crippen molar-refractivity contribution in [2.75, 3.05) is 12.4 Å². The van der Waals surface area contributed by atoms with Gasteiger partial charge in [-0.3, -0.25) is 10.1 Å². The molecule has 0 aliphatic carbocycles. The minimum absolute atomic E-state index is 0.00119. The second kappa shape index (κ2) is 7.75. The van der Waals surface area contributed by atoms with Crippen LogP contribution >= 0.6 is 28.6 Å². The summed E-state index contributed by atoms with van der Waals surface area (Å²) in [5.41, 5.74) is 0.761. The molecule has 0 heterocycles. The van der Waals surface area contributed by atoms with Crippen molar-refractivity contribution in [3.05, 3.63) is 32.3 Å². The second-order valence-electron chi connectivity index (χ2n) is 4.48. The Bertz CT molecular complexity index is 454. The molecular weight excluding hydrogens is 330 g/mol. The van der Waals surface area contributed by atoms with Crippen molar-refractivity contribution < 1.29 is 9.66 Å². The van der Waals surface area contributed by atoms with Crippen LogP contribution in [0.4, 0.5) is 5.69 Å². The highest BCUT2D eigenvalue weighted by molar-refractivity contribution is 9.10. The first-order valence-electron chi connectivity index (χ1n) is 6.17. The summed E-state index contributed by atoms with van der Waals surface area (Å²) in [5.74, 6) is 1.39. The van der Waals surface area contributed by atoms with Crippen LogP contribution in [0.15, 0.2) is 16.6 Å². The molecule has 19 heavy (non-hydrogen) atoms. The number of nitro groups is 1. The second-order valence-corrected chi connectivity index (χ2v) is 5.76. The first-order valence-corrected chi connectivity index (χ1v) is 7.60. The fraction of sp³-hybridized carbons (Fsp3) is 0.538. The van der Waals surface area contributed by atoms with Gasteiger partial charge < -0.3 is 4.74 Å². The van der Waals surface area contributed by atoms with E-state index >= 15 is 0 Å². The van der Waals surface area contributed by atoms with E-state index < -0.39 is 4.92 Å². The summed E-state index contributed by atoms with van der Waals surface area (Å²) in [4.78, 5) is 10.6. The smallest absolute Gasteiger partial charge is 0.312 e. The van der Waals surface area contributed by atoms with Gasteiger partial charge in [-0.1, -0.05) is 29.3 Å². The van der Waals surface area contributed by atoms with Gasteiger partial charge in [-0.15, -0.1) is 0 Å². The van der Waals surface area contributed by atoms with Gasteiger partial charge in [0.05, 0.1) is 11.5 Å². The standard InChI is InChI=1S/C13H18BrNO3S/c1-3-4-10(8-19)7-18-13-9(2)5-11(14)6-12(13)15(16)17/h5-6,10,19H,3-4,7-8H2,1-2H3. The Morgan fingerprint density at radius 3 is 2.74 bits per heavy atom. The minimum atomic E-state index is -0.414. The lowest BCUT2D eigenvalue weighted by atomic mass is 10.1. The number of benzene rings is 1. The lowest BCUT2D eigenvalue weighted by Gasteiger charge is -2.16. The molecule has 6 heteroatoms. The van der Waals surface area contributed by atoms with E-state index in [9.17, 15) is 10.1 Å². The van der Waals surface area contributed by atoms with Crippen LogP contribution in [0.1, 0.15) is 25.3 Å². The highest BCUT2D eigenvalue weighted by Crippen LogP contribution is 2.34. The van der Waals surface area contributed by atoms with E-state index in [2.05, 4.69) is 35.5 Å². The van der Waals surface area contributed by atoms with Crippen molar-refractivity contribution in [2.24, 2.45) is 5.92 Å². The van der Waals surface area contributed by atoms with Crippen molar-refractivity contribution in [3.8, 4) is 5.75 Å². The number of thiol groups is 1. The summed E-state index contributed by atoms with van der Waals surface area (Å²) in [6.07, 6.45) is 2.06. The van der Waals surface area contributed by atoms with Crippen molar-refractivity contribution in [2.45, 2.75) is 26.7 Å². The van der Waals surface area contributed by atoms with Crippen LogP contribution in [-0.4, -0.2) is 17.3 Å². The van der Waals surface area contributed by atoms with Gasteiger partial charge in [0.15, 0.2) is 5.75 Å². The largest absolute Gasteiger partial charge is 0.486 e. The molecule has 106 valence electrons. The van der Waals surface area contributed by atoms with Crippen LogP contribution in [0.5, 0.6) is 5.75 Å². The van der Waals surface area contributed by atoms with Gasteiger partial charge in [0.2, 0.25) is 0 Å². The summed E-state index contributed by atoms with van der Waals surface area (Å²) < 4.78 is 6.36. The van der Waals surface area contributed by atoms with E-state index in [4.69, 9.17) is 4.74 Å². The van der Waals surface area contributed by atoms with Crippen molar-refractivity contribution in [1.82, 2.24) is 0 Å². The van der Waals surface area contributed by atoms with E-state index in [1.165, 1.54) is 6.07 Å². The molecule has 0 spiro atoms. The topological polar surface area (TPSA) is 52.4 Å². The molecule has 0 fully saturated rings. The number of hydrogen-bond donors (Lipinski definition) is 1. The van der Waals surface area contributed by atoms with E-state index in [0.29, 0.717) is 22.7 Å². The maximum absolute atomic E-state index is 11.1. The third kappa shape index (κ3) is 4.69. The Hall–Kier alpha value is -0.750. The first-order chi connectivity index (χ1) is 8.99. The number of nitro benzene ring substituents is 1. The Morgan fingerprint density at radius 1 is 1.53 bits per heavy atom. The molecule has 0 bridgehead atoms. The number of rotatable bonds is 7. The molecule has 0 aliphatic rings. The van der Waals surface area contributed by atoms with Gasteiger partial charge in [-0.2, -0.15) is 12.6 Å². The molecule has 1 unspecified atom stereocenters. The van der Waals surface area contributed by atoms with Gasteiger partial charge in [0.25, 0.3) is 0 Å². The zero-order valence-electron chi connectivity index (χ0n) is 11.1. The molecular formula is C13H18BrNO3S. The van der Waals surface area contributed by atoms with Gasteiger partial charge in [0, 0.05) is 16.5 Å². The van der Waals surface area contributed by atoms with Crippen LogP contribution < -0.4 is 4.74 Å². The average molecular weight is 348 g/mol.